The number of fused-ring (bicyclic) bond motifs is 1. The minimum atomic E-state index is -1.00. The van der Waals surface area contributed by atoms with Crippen molar-refractivity contribution in [2.24, 2.45) is 0 Å². The van der Waals surface area contributed by atoms with Gasteiger partial charge in [0.2, 0.25) is 11.9 Å². The molecular weight excluding hydrogens is 324 g/mol. The molecule has 3 rings (SSSR count). The quantitative estimate of drug-likeness (QED) is 0.679. The van der Waals surface area contributed by atoms with Crippen molar-refractivity contribution in [1.82, 2.24) is 24.6 Å². The number of hydrogen-bond acceptors (Lipinski definition) is 7. The molecule has 0 saturated heterocycles. The van der Waals surface area contributed by atoms with E-state index in [9.17, 15) is 9.90 Å². The van der Waals surface area contributed by atoms with E-state index < -0.39 is 6.10 Å². The minimum absolute atomic E-state index is 0.0173. The Morgan fingerprint density at radius 2 is 2.00 bits per heavy atom. The van der Waals surface area contributed by atoms with Gasteiger partial charge in [0.15, 0.2) is 0 Å². The van der Waals surface area contributed by atoms with Crippen LogP contribution in [0.15, 0.2) is 6.07 Å². The fourth-order valence-corrected chi connectivity index (χ4v) is 3.04. The smallest absolute Gasteiger partial charge is 0.227 e. The molecule has 0 spiro atoms. The molecule has 0 fully saturated rings. The molecular formula is C16H22N6O3. The van der Waals surface area contributed by atoms with Crippen LogP contribution in [0.2, 0.25) is 0 Å². The maximum Gasteiger partial charge on any atom is 0.227 e. The van der Waals surface area contributed by atoms with Crippen molar-refractivity contribution in [2.45, 2.75) is 39.5 Å². The Kier molecular flexibility index (Phi) is 4.69. The summed E-state index contributed by atoms with van der Waals surface area (Å²) in [5, 5.41) is 23.0. The van der Waals surface area contributed by atoms with Gasteiger partial charge in [0.1, 0.15) is 6.10 Å². The molecule has 9 heteroatoms. The molecule has 0 aliphatic carbocycles. The van der Waals surface area contributed by atoms with Crippen LogP contribution >= 0.6 is 0 Å². The van der Waals surface area contributed by atoms with Crippen molar-refractivity contribution in [3.63, 3.8) is 0 Å². The first-order valence-electron chi connectivity index (χ1n) is 8.12. The molecule has 134 valence electrons. The van der Waals surface area contributed by atoms with Crippen LogP contribution in [0, 0.1) is 13.8 Å². The Balaban J connectivity index is 1.74. The zero-order valence-corrected chi connectivity index (χ0v) is 14.3. The highest BCUT2D eigenvalue weighted by Gasteiger charge is 2.25. The van der Waals surface area contributed by atoms with Crippen LogP contribution in [0.1, 0.15) is 34.4 Å². The van der Waals surface area contributed by atoms with Crippen LogP contribution in [0.4, 0.5) is 5.95 Å². The van der Waals surface area contributed by atoms with Crippen LogP contribution in [0.25, 0.3) is 0 Å². The molecule has 4 N–H and O–H groups in total. The first-order valence-corrected chi connectivity index (χ1v) is 8.12. The second kappa shape index (κ2) is 6.77. The topological polar surface area (TPSA) is 130 Å². The Morgan fingerprint density at radius 3 is 2.64 bits per heavy atom. The number of carbonyl (C=O) groups excluding carboxylic acids is 1. The zero-order valence-electron chi connectivity index (χ0n) is 14.3. The SMILES string of the molecule is Cc1nc(N)nc(C)c1CC(=O)N1CCn2nc([C@H](O)CO)cc2C1. The van der Waals surface area contributed by atoms with E-state index in [1.807, 2.05) is 13.8 Å². The number of aromatic nitrogens is 4. The van der Waals surface area contributed by atoms with Gasteiger partial charge in [-0.3, -0.25) is 9.48 Å². The summed E-state index contributed by atoms with van der Waals surface area (Å²) in [5.74, 6) is 0.194. The number of hydrogen-bond donors (Lipinski definition) is 3. The number of carbonyl (C=O) groups is 1. The molecule has 1 amide bonds. The third-order valence-electron chi connectivity index (χ3n) is 4.45. The van der Waals surface area contributed by atoms with Crippen LogP contribution in [-0.4, -0.2) is 53.9 Å². The van der Waals surface area contributed by atoms with E-state index in [1.54, 1.807) is 15.6 Å². The van der Waals surface area contributed by atoms with E-state index in [2.05, 4.69) is 15.1 Å². The van der Waals surface area contributed by atoms with Gasteiger partial charge in [-0.05, 0) is 19.9 Å². The summed E-state index contributed by atoms with van der Waals surface area (Å²) in [4.78, 5) is 22.7. The van der Waals surface area contributed by atoms with Gasteiger partial charge < -0.3 is 20.8 Å². The number of aliphatic hydroxyl groups excluding tert-OH is 2. The monoisotopic (exact) mass is 346 g/mol. The van der Waals surface area contributed by atoms with Crippen molar-refractivity contribution in [1.29, 1.82) is 0 Å². The Bertz CT molecular complexity index is 780. The molecule has 0 unspecified atom stereocenters. The van der Waals surface area contributed by atoms with E-state index in [4.69, 9.17) is 10.8 Å². The molecule has 1 atom stereocenters. The van der Waals surface area contributed by atoms with Crippen molar-refractivity contribution in [2.75, 3.05) is 18.9 Å². The van der Waals surface area contributed by atoms with Gasteiger partial charge in [-0.2, -0.15) is 5.10 Å². The van der Waals surface area contributed by atoms with E-state index in [1.165, 1.54) is 0 Å². The molecule has 1 aliphatic heterocycles. The van der Waals surface area contributed by atoms with Crippen molar-refractivity contribution in [3.05, 3.63) is 34.4 Å². The third-order valence-corrected chi connectivity index (χ3v) is 4.45. The Hall–Kier alpha value is -2.52. The highest BCUT2D eigenvalue weighted by Crippen LogP contribution is 2.20. The lowest BCUT2D eigenvalue weighted by Crippen LogP contribution is -2.39. The van der Waals surface area contributed by atoms with Crippen LogP contribution < -0.4 is 5.73 Å². The lowest BCUT2D eigenvalue weighted by Gasteiger charge is -2.28. The summed E-state index contributed by atoms with van der Waals surface area (Å²) in [6, 6.07) is 1.73. The molecule has 0 bridgehead atoms. The third kappa shape index (κ3) is 3.47. The van der Waals surface area contributed by atoms with Crippen LogP contribution in [0.3, 0.4) is 0 Å². The van der Waals surface area contributed by atoms with Gasteiger partial charge in [-0.25, -0.2) is 9.97 Å². The number of rotatable bonds is 4. The summed E-state index contributed by atoms with van der Waals surface area (Å²) in [5.41, 5.74) is 9.12. The van der Waals surface area contributed by atoms with Gasteiger partial charge in [-0.15, -0.1) is 0 Å². The number of nitrogen functional groups attached to an aromatic ring is 1. The number of nitrogens with zero attached hydrogens (tertiary/aromatic N) is 5. The molecule has 0 aromatic carbocycles. The second-order valence-corrected chi connectivity index (χ2v) is 6.21. The highest BCUT2D eigenvalue weighted by molar-refractivity contribution is 5.79. The lowest BCUT2D eigenvalue weighted by atomic mass is 10.1. The molecule has 0 saturated carbocycles. The van der Waals surface area contributed by atoms with E-state index in [0.29, 0.717) is 36.7 Å². The molecule has 1 aliphatic rings. The number of aryl methyl sites for hydroxylation is 2. The predicted molar refractivity (Wildman–Crippen MR) is 89.3 cm³/mol. The van der Waals surface area contributed by atoms with Crippen molar-refractivity contribution in [3.8, 4) is 0 Å². The number of nitrogens with two attached hydrogens (primary N) is 1. The number of aliphatic hydroxyl groups is 2. The fraction of sp³-hybridized carbons (Fsp3) is 0.500. The average molecular weight is 346 g/mol. The molecule has 2 aromatic rings. The average Bonchev–Trinajstić information content (AvgIpc) is 3.00. The van der Waals surface area contributed by atoms with E-state index >= 15 is 0 Å². The molecule has 0 radical (unpaired) electrons. The summed E-state index contributed by atoms with van der Waals surface area (Å²) >= 11 is 0. The molecule has 3 heterocycles. The first kappa shape index (κ1) is 17.3. The second-order valence-electron chi connectivity index (χ2n) is 6.21. The van der Waals surface area contributed by atoms with Gasteiger partial charge in [0.05, 0.1) is 37.5 Å². The summed E-state index contributed by atoms with van der Waals surface area (Å²) < 4.78 is 1.76. The van der Waals surface area contributed by atoms with Crippen molar-refractivity contribution < 1.29 is 15.0 Å². The summed E-state index contributed by atoms with van der Waals surface area (Å²) in [6.45, 7) is 4.77. The van der Waals surface area contributed by atoms with Gasteiger partial charge >= 0.3 is 0 Å². The maximum absolute atomic E-state index is 12.7. The standard InChI is InChI=1S/C16H22N6O3/c1-9-12(10(2)19-16(17)18-9)6-15(25)21-3-4-22-11(7-21)5-13(20-22)14(24)8-23/h5,14,23-24H,3-4,6-8H2,1-2H3,(H2,17,18,19)/t14-/m1/s1. The Morgan fingerprint density at radius 1 is 1.32 bits per heavy atom. The van der Waals surface area contributed by atoms with Gasteiger partial charge in [0.25, 0.3) is 0 Å². The zero-order chi connectivity index (χ0) is 18.1. The predicted octanol–water partition coefficient (Wildman–Crippen LogP) is -0.517. The largest absolute Gasteiger partial charge is 0.393 e. The van der Waals surface area contributed by atoms with Crippen molar-refractivity contribution >= 4 is 11.9 Å². The summed E-state index contributed by atoms with van der Waals surface area (Å²) in [7, 11) is 0. The van der Waals surface area contributed by atoms with E-state index in [-0.39, 0.29) is 24.9 Å². The highest BCUT2D eigenvalue weighted by atomic mass is 16.3. The number of amides is 1. The lowest BCUT2D eigenvalue weighted by molar-refractivity contribution is -0.132. The van der Waals surface area contributed by atoms with E-state index in [0.717, 1.165) is 11.3 Å². The molecule has 9 nitrogen and oxygen atoms in total. The number of anilines is 1. The van der Waals surface area contributed by atoms with Crippen LogP contribution in [-0.2, 0) is 24.3 Å². The normalized spacial score (nSPS) is 15.1. The molecule has 2 aromatic heterocycles. The molecule has 25 heavy (non-hydrogen) atoms. The van der Waals surface area contributed by atoms with Gasteiger partial charge in [0, 0.05) is 23.5 Å². The van der Waals surface area contributed by atoms with Crippen LogP contribution in [0.5, 0.6) is 0 Å². The maximum atomic E-state index is 12.7. The first-order chi connectivity index (χ1) is 11.9. The Labute approximate surface area is 145 Å². The summed E-state index contributed by atoms with van der Waals surface area (Å²) in [6.07, 6.45) is -0.780. The van der Waals surface area contributed by atoms with Gasteiger partial charge in [-0.1, -0.05) is 0 Å². The minimum Gasteiger partial charge on any atom is -0.393 e. The fourth-order valence-electron chi connectivity index (χ4n) is 3.04.